The van der Waals surface area contributed by atoms with E-state index < -0.39 is 0 Å². The topological polar surface area (TPSA) is 50.3 Å². The lowest BCUT2D eigenvalue weighted by atomic mass is 9.92. The Kier molecular flexibility index (Phi) is 7.93. The number of piperazine rings is 2. The highest BCUT2D eigenvalue weighted by Crippen LogP contribution is 2.21. The molecule has 3 aliphatic heterocycles. The molecule has 3 atom stereocenters. The zero-order chi connectivity index (χ0) is 21.0. The summed E-state index contributed by atoms with van der Waals surface area (Å²) in [5.74, 6) is 1.74. The van der Waals surface area contributed by atoms with E-state index in [0.29, 0.717) is 18.4 Å². The van der Waals surface area contributed by atoms with E-state index in [4.69, 9.17) is 0 Å². The fourth-order valence-electron chi connectivity index (χ4n) is 5.17. The van der Waals surface area contributed by atoms with Crippen LogP contribution in [-0.4, -0.2) is 121 Å². The predicted octanol–water partition coefficient (Wildman–Crippen LogP) is 0.661. The Bertz CT molecular complexity index is 545. The molecule has 0 aliphatic carbocycles. The van der Waals surface area contributed by atoms with Crippen molar-refractivity contribution in [1.29, 1.82) is 0 Å². The molecule has 3 unspecified atom stereocenters. The van der Waals surface area contributed by atoms with Gasteiger partial charge in [0.1, 0.15) is 0 Å². The van der Waals surface area contributed by atoms with Crippen molar-refractivity contribution >= 4 is 11.8 Å². The van der Waals surface area contributed by atoms with Crippen LogP contribution < -0.4 is 0 Å². The minimum atomic E-state index is -0.0650. The van der Waals surface area contributed by atoms with E-state index in [-0.39, 0.29) is 17.9 Å². The van der Waals surface area contributed by atoms with Gasteiger partial charge in [-0.25, -0.2) is 0 Å². The average Bonchev–Trinajstić information content (AvgIpc) is 2.72. The van der Waals surface area contributed by atoms with Gasteiger partial charge >= 0.3 is 0 Å². The molecule has 7 nitrogen and oxygen atoms in total. The highest BCUT2D eigenvalue weighted by molar-refractivity contribution is 5.81. The minimum Gasteiger partial charge on any atom is -0.341 e. The van der Waals surface area contributed by atoms with E-state index in [1.807, 2.05) is 11.8 Å². The van der Waals surface area contributed by atoms with Gasteiger partial charge in [0.2, 0.25) is 11.8 Å². The summed E-state index contributed by atoms with van der Waals surface area (Å²) >= 11 is 0. The highest BCUT2D eigenvalue weighted by Gasteiger charge is 2.32. The van der Waals surface area contributed by atoms with Crippen molar-refractivity contribution in [3.8, 4) is 0 Å². The first kappa shape index (κ1) is 22.5. The maximum Gasteiger partial charge on any atom is 0.239 e. The molecule has 0 aromatic heterocycles. The molecule has 0 radical (unpaired) electrons. The SMILES string of the molecule is CCN1CCN(C(=O)C(C)N2CCN(CC(=O)N3CC(C)CC(C)C3)CC2)CC1. The lowest BCUT2D eigenvalue weighted by Crippen LogP contribution is -2.58. The molecule has 7 heteroatoms. The third-order valence-electron chi connectivity index (χ3n) is 7.02. The standard InChI is InChI=1S/C22H41N5O2/c1-5-23-6-12-26(13-7-23)22(29)20(4)25-10-8-24(9-11-25)17-21(28)27-15-18(2)14-19(3)16-27/h18-20H,5-17H2,1-4H3. The van der Waals surface area contributed by atoms with Crippen LogP contribution in [0.5, 0.6) is 0 Å². The Labute approximate surface area is 177 Å². The summed E-state index contributed by atoms with van der Waals surface area (Å²) in [6, 6.07) is -0.0650. The van der Waals surface area contributed by atoms with Gasteiger partial charge in [-0.2, -0.15) is 0 Å². The average molecular weight is 408 g/mol. The van der Waals surface area contributed by atoms with Crippen LogP contribution in [0.4, 0.5) is 0 Å². The van der Waals surface area contributed by atoms with E-state index in [1.54, 1.807) is 0 Å². The fourth-order valence-corrected chi connectivity index (χ4v) is 5.17. The Morgan fingerprint density at radius 1 is 0.828 bits per heavy atom. The van der Waals surface area contributed by atoms with E-state index in [1.165, 1.54) is 6.42 Å². The Balaban J connectivity index is 1.41. The minimum absolute atomic E-state index is 0.0650. The second kappa shape index (κ2) is 10.2. The predicted molar refractivity (Wildman–Crippen MR) is 116 cm³/mol. The van der Waals surface area contributed by atoms with Crippen LogP contribution in [-0.2, 0) is 9.59 Å². The van der Waals surface area contributed by atoms with E-state index in [0.717, 1.165) is 72.0 Å². The van der Waals surface area contributed by atoms with Crippen LogP contribution in [0.25, 0.3) is 0 Å². The molecule has 0 N–H and O–H groups in total. The summed E-state index contributed by atoms with van der Waals surface area (Å²) in [4.78, 5) is 36.7. The van der Waals surface area contributed by atoms with Crippen molar-refractivity contribution in [1.82, 2.24) is 24.5 Å². The number of likely N-dealkylation sites (N-methyl/N-ethyl adjacent to an activating group) is 1. The fraction of sp³-hybridized carbons (Fsp3) is 0.909. The molecule has 2 amide bonds. The van der Waals surface area contributed by atoms with Crippen LogP contribution in [0.3, 0.4) is 0 Å². The lowest BCUT2D eigenvalue weighted by molar-refractivity contribution is -0.140. The number of carbonyl (C=O) groups excluding carboxylic acids is 2. The van der Waals surface area contributed by atoms with Crippen molar-refractivity contribution in [2.75, 3.05) is 78.5 Å². The van der Waals surface area contributed by atoms with Crippen LogP contribution in [0.1, 0.15) is 34.1 Å². The van der Waals surface area contributed by atoms with Crippen LogP contribution in [0, 0.1) is 11.8 Å². The molecule has 3 saturated heterocycles. The third-order valence-corrected chi connectivity index (χ3v) is 7.02. The quantitative estimate of drug-likeness (QED) is 0.670. The maximum atomic E-state index is 12.9. The summed E-state index contributed by atoms with van der Waals surface area (Å²) in [6.45, 7) is 19.2. The maximum absolute atomic E-state index is 12.9. The molecule has 0 saturated carbocycles. The van der Waals surface area contributed by atoms with E-state index >= 15 is 0 Å². The van der Waals surface area contributed by atoms with Crippen molar-refractivity contribution in [2.45, 2.75) is 40.2 Å². The first-order valence-corrected chi connectivity index (χ1v) is 11.6. The zero-order valence-corrected chi connectivity index (χ0v) is 19.0. The Hall–Kier alpha value is -1.18. The largest absolute Gasteiger partial charge is 0.341 e. The van der Waals surface area contributed by atoms with Crippen molar-refractivity contribution in [3.05, 3.63) is 0 Å². The molecule has 3 aliphatic rings. The molecular formula is C22H41N5O2. The summed E-state index contributed by atoms with van der Waals surface area (Å²) in [5, 5.41) is 0. The molecule has 3 fully saturated rings. The van der Waals surface area contributed by atoms with Gasteiger partial charge in [-0.1, -0.05) is 20.8 Å². The number of hydrogen-bond acceptors (Lipinski definition) is 5. The molecule has 29 heavy (non-hydrogen) atoms. The van der Waals surface area contributed by atoms with Gasteiger partial charge in [0.05, 0.1) is 12.6 Å². The van der Waals surface area contributed by atoms with Gasteiger partial charge in [-0.3, -0.25) is 19.4 Å². The van der Waals surface area contributed by atoms with Crippen molar-refractivity contribution in [3.63, 3.8) is 0 Å². The highest BCUT2D eigenvalue weighted by atomic mass is 16.2. The van der Waals surface area contributed by atoms with Gasteiger partial charge in [0.25, 0.3) is 0 Å². The molecule has 3 heterocycles. The molecule has 166 valence electrons. The zero-order valence-electron chi connectivity index (χ0n) is 19.0. The van der Waals surface area contributed by atoms with E-state index in [2.05, 4.69) is 40.4 Å². The first-order chi connectivity index (χ1) is 13.9. The van der Waals surface area contributed by atoms with Gasteiger partial charge in [0.15, 0.2) is 0 Å². The first-order valence-electron chi connectivity index (χ1n) is 11.6. The van der Waals surface area contributed by atoms with Gasteiger partial charge in [0, 0.05) is 65.4 Å². The summed E-state index contributed by atoms with van der Waals surface area (Å²) in [5.41, 5.74) is 0. The van der Waals surface area contributed by atoms with Gasteiger partial charge < -0.3 is 14.7 Å². The Morgan fingerprint density at radius 3 is 1.93 bits per heavy atom. The van der Waals surface area contributed by atoms with Gasteiger partial charge in [-0.05, 0) is 31.7 Å². The number of nitrogens with zero attached hydrogens (tertiary/aromatic N) is 5. The molecule has 3 rings (SSSR count). The van der Waals surface area contributed by atoms with Crippen LogP contribution in [0.2, 0.25) is 0 Å². The third kappa shape index (κ3) is 5.92. The number of likely N-dealkylation sites (tertiary alicyclic amines) is 1. The number of carbonyl (C=O) groups is 2. The molecule has 0 aromatic carbocycles. The molecule has 0 spiro atoms. The molecule has 0 bridgehead atoms. The Morgan fingerprint density at radius 2 is 1.38 bits per heavy atom. The van der Waals surface area contributed by atoms with Crippen molar-refractivity contribution in [2.24, 2.45) is 11.8 Å². The lowest BCUT2D eigenvalue weighted by Gasteiger charge is -2.41. The normalized spacial score (nSPS) is 29.1. The monoisotopic (exact) mass is 407 g/mol. The summed E-state index contributed by atoms with van der Waals surface area (Å²) in [6.07, 6.45) is 1.22. The summed E-state index contributed by atoms with van der Waals surface area (Å²) in [7, 11) is 0. The van der Waals surface area contributed by atoms with Crippen LogP contribution >= 0.6 is 0 Å². The molecule has 0 aromatic rings. The van der Waals surface area contributed by atoms with Gasteiger partial charge in [-0.15, -0.1) is 0 Å². The number of hydrogen-bond donors (Lipinski definition) is 0. The second-order valence-electron chi connectivity index (χ2n) is 9.49. The summed E-state index contributed by atoms with van der Waals surface area (Å²) < 4.78 is 0. The number of amides is 2. The smallest absolute Gasteiger partial charge is 0.239 e. The van der Waals surface area contributed by atoms with Crippen LogP contribution in [0.15, 0.2) is 0 Å². The molecular weight excluding hydrogens is 366 g/mol. The van der Waals surface area contributed by atoms with Crippen molar-refractivity contribution < 1.29 is 9.59 Å². The number of rotatable bonds is 5. The second-order valence-corrected chi connectivity index (χ2v) is 9.49. The van der Waals surface area contributed by atoms with E-state index in [9.17, 15) is 9.59 Å². The number of piperidine rings is 1.